The van der Waals surface area contributed by atoms with Crippen LogP contribution in [0.25, 0.3) is 0 Å². The number of aliphatic carboxylic acids is 1. The Morgan fingerprint density at radius 3 is 2.57 bits per heavy atom. The molecule has 7 nitrogen and oxygen atoms in total. The van der Waals surface area contributed by atoms with E-state index in [2.05, 4.69) is 10.0 Å². The first-order chi connectivity index (χ1) is 9.72. The van der Waals surface area contributed by atoms with Crippen LogP contribution in [0, 0.1) is 5.82 Å². The van der Waals surface area contributed by atoms with E-state index in [0.717, 1.165) is 18.2 Å². The molecule has 3 N–H and O–H groups in total. The normalized spacial score (nSPS) is 11.1. The van der Waals surface area contributed by atoms with E-state index in [1.807, 2.05) is 0 Å². The van der Waals surface area contributed by atoms with Crippen molar-refractivity contribution >= 4 is 27.6 Å². The predicted molar refractivity (Wildman–Crippen MR) is 72.8 cm³/mol. The van der Waals surface area contributed by atoms with Crippen molar-refractivity contribution in [1.82, 2.24) is 4.72 Å². The summed E-state index contributed by atoms with van der Waals surface area (Å²) < 4.78 is 39.5. The standard InChI is InChI=1S/C12H15FN2O5S/c1-8(16)15-11-7-9(4-5-10(11)13)21(19,20)14-6-2-3-12(17)18/h4-5,7,14H,2-3,6H2,1H3,(H,15,16)(H,17,18). The quantitative estimate of drug-likeness (QED) is 0.647. The number of hydrogen-bond donors (Lipinski definition) is 3. The number of benzene rings is 1. The smallest absolute Gasteiger partial charge is 0.303 e. The summed E-state index contributed by atoms with van der Waals surface area (Å²) in [6, 6.07) is 2.98. The van der Waals surface area contributed by atoms with Gasteiger partial charge in [-0.25, -0.2) is 17.5 Å². The highest BCUT2D eigenvalue weighted by molar-refractivity contribution is 7.89. The number of anilines is 1. The summed E-state index contributed by atoms with van der Waals surface area (Å²) in [5.41, 5.74) is -0.240. The van der Waals surface area contributed by atoms with E-state index in [0.29, 0.717) is 0 Å². The number of carbonyl (C=O) groups is 2. The third-order valence-electron chi connectivity index (χ3n) is 2.42. The summed E-state index contributed by atoms with van der Waals surface area (Å²) >= 11 is 0. The fourth-order valence-corrected chi connectivity index (χ4v) is 2.59. The Kier molecular flexibility index (Phi) is 5.79. The van der Waals surface area contributed by atoms with E-state index in [1.54, 1.807) is 0 Å². The number of sulfonamides is 1. The minimum atomic E-state index is -3.89. The summed E-state index contributed by atoms with van der Waals surface area (Å²) in [7, 11) is -3.89. The zero-order valence-electron chi connectivity index (χ0n) is 11.2. The Labute approximate surface area is 121 Å². The van der Waals surface area contributed by atoms with Crippen LogP contribution in [0.5, 0.6) is 0 Å². The lowest BCUT2D eigenvalue weighted by Crippen LogP contribution is -2.25. The van der Waals surface area contributed by atoms with Gasteiger partial charge in [0.15, 0.2) is 0 Å². The molecule has 0 radical (unpaired) electrons. The molecule has 9 heteroatoms. The minimum Gasteiger partial charge on any atom is -0.481 e. The van der Waals surface area contributed by atoms with Crippen LogP contribution in [0.1, 0.15) is 19.8 Å². The van der Waals surface area contributed by atoms with Crippen molar-refractivity contribution in [2.45, 2.75) is 24.7 Å². The molecule has 0 unspecified atom stereocenters. The van der Waals surface area contributed by atoms with Crippen molar-refractivity contribution in [1.29, 1.82) is 0 Å². The largest absolute Gasteiger partial charge is 0.481 e. The molecule has 1 amide bonds. The Balaban J connectivity index is 2.83. The molecular weight excluding hydrogens is 303 g/mol. The number of carbonyl (C=O) groups excluding carboxylic acids is 1. The van der Waals surface area contributed by atoms with Gasteiger partial charge in [-0.2, -0.15) is 0 Å². The number of carboxylic acids is 1. The molecule has 116 valence electrons. The van der Waals surface area contributed by atoms with E-state index in [4.69, 9.17) is 5.11 Å². The van der Waals surface area contributed by atoms with Crippen molar-refractivity contribution in [3.63, 3.8) is 0 Å². The lowest BCUT2D eigenvalue weighted by molar-refractivity contribution is -0.137. The third-order valence-corrected chi connectivity index (χ3v) is 3.88. The highest BCUT2D eigenvalue weighted by atomic mass is 32.2. The number of nitrogens with one attached hydrogen (secondary N) is 2. The zero-order chi connectivity index (χ0) is 16.0. The van der Waals surface area contributed by atoms with Crippen molar-refractivity contribution in [2.75, 3.05) is 11.9 Å². The minimum absolute atomic E-state index is 0.0541. The summed E-state index contributed by atoms with van der Waals surface area (Å²) in [5.74, 6) is -2.31. The molecule has 0 aliphatic carbocycles. The van der Waals surface area contributed by atoms with Gasteiger partial charge in [-0.1, -0.05) is 0 Å². The molecule has 0 aromatic heterocycles. The van der Waals surface area contributed by atoms with Crippen LogP contribution in [0.2, 0.25) is 0 Å². The number of halogens is 1. The first-order valence-electron chi connectivity index (χ1n) is 6.01. The SMILES string of the molecule is CC(=O)Nc1cc(S(=O)(=O)NCCCC(=O)O)ccc1F. The Morgan fingerprint density at radius 2 is 2.00 bits per heavy atom. The summed E-state index contributed by atoms with van der Waals surface area (Å²) in [6.45, 7) is 1.12. The molecule has 21 heavy (non-hydrogen) atoms. The molecule has 0 saturated heterocycles. The topological polar surface area (TPSA) is 113 Å². The first-order valence-corrected chi connectivity index (χ1v) is 7.49. The van der Waals surface area contributed by atoms with Gasteiger partial charge in [0.1, 0.15) is 5.82 Å². The Bertz CT molecular complexity index is 645. The molecule has 1 aromatic rings. The van der Waals surface area contributed by atoms with Gasteiger partial charge in [0.25, 0.3) is 0 Å². The van der Waals surface area contributed by atoms with E-state index in [9.17, 15) is 22.4 Å². The number of amides is 1. The zero-order valence-corrected chi connectivity index (χ0v) is 12.0. The van der Waals surface area contributed by atoms with Crippen LogP contribution in [-0.2, 0) is 19.6 Å². The van der Waals surface area contributed by atoms with Gasteiger partial charge in [-0.3, -0.25) is 9.59 Å². The summed E-state index contributed by atoms with van der Waals surface area (Å²) in [5, 5.41) is 10.6. The average Bonchev–Trinajstić information content (AvgIpc) is 2.36. The van der Waals surface area contributed by atoms with Gasteiger partial charge in [0.05, 0.1) is 10.6 Å². The summed E-state index contributed by atoms with van der Waals surface area (Å²) in [6.07, 6.45) is -0.0304. The number of rotatable bonds is 7. The highest BCUT2D eigenvalue weighted by Gasteiger charge is 2.16. The average molecular weight is 318 g/mol. The molecular formula is C12H15FN2O5S. The second-order valence-corrected chi connectivity index (χ2v) is 5.98. The van der Waals surface area contributed by atoms with Gasteiger partial charge < -0.3 is 10.4 Å². The maximum Gasteiger partial charge on any atom is 0.303 e. The highest BCUT2D eigenvalue weighted by Crippen LogP contribution is 2.19. The van der Waals surface area contributed by atoms with Gasteiger partial charge in [0, 0.05) is 19.9 Å². The van der Waals surface area contributed by atoms with Crippen molar-refractivity contribution in [3.05, 3.63) is 24.0 Å². The fourth-order valence-electron chi connectivity index (χ4n) is 1.49. The van der Waals surface area contributed by atoms with E-state index >= 15 is 0 Å². The molecule has 0 aliphatic rings. The van der Waals surface area contributed by atoms with Crippen molar-refractivity contribution < 1.29 is 27.5 Å². The Morgan fingerprint density at radius 1 is 1.33 bits per heavy atom. The lowest BCUT2D eigenvalue weighted by atomic mass is 10.3. The molecule has 0 heterocycles. The van der Waals surface area contributed by atoms with Crippen LogP contribution in [0.15, 0.2) is 23.1 Å². The predicted octanol–water partition coefficient (Wildman–Crippen LogP) is 0.927. The molecule has 0 fully saturated rings. The van der Waals surface area contributed by atoms with Gasteiger partial charge in [-0.05, 0) is 24.6 Å². The van der Waals surface area contributed by atoms with Crippen LogP contribution in [-0.4, -0.2) is 31.9 Å². The second-order valence-electron chi connectivity index (χ2n) is 4.22. The molecule has 0 spiro atoms. The third kappa shape index (κ3) is 5.48. The maximum absolute atomic E-state index is 13.4. The molecule has 0 atom stereocenters. The van der Waals surface area contributed by atoms with Crippen molar-refractivity contribution in [2.24, 2.45) is 0 Å². The van der Waals surface area contributed by atoms with E-state index in [-0.39, 0.29) is 30.0 Å². The van der Waals surface area contributed by atoms with Crippen LogP contribution < -0.4 is 10.0 Å². The van der Waals surface area contributed by atoms with Crippen LogP contribution in [0.3, 0.4) is 0 Å². The molecule has 0 aliphatic heterocycles. The number of hydrogen-bond acceptors (Lipinski definition) is 4. The molecule has 1 aromatic carbocycles. The maximum atomic E-state index is 13.4. The molecule has 1 rings (SSSR count). The van der Waals surface area contributed by atoms with E-state index < -0.39 is 27.7 Å². The second kappa shape index (κ2) is 7.14. The fraction of sp³-hybridized carbons (Fsp3) is 0.333. The molecule has 0 saturated carbocycles. The summed E-state index contributed by atoms with van der Waals surface area (Å²) in [4.78, 5) is 21.0. The van der Waals surface area contributed by atoms with Crippen LogP contribution >= 0.6 is 0 Å². The van der Waals surface area contributed by atoms with E-state index in [1.165, 1.54) is 6.92 Å². The van der Waals surface area contributed by atoms with Gasteiger partial charge in [-0.15, -0.1) is 0 Å². The van der Waals surface area contributed by atoms with Crippen molar-refractivity contribution in [3.8, 4) is 0 Å². The Hall–Kier alpha value is -2.00. The lowest BCUT2D eigenvalue weighted by Gasteiger charge is -2.09. The molecule has 0 bridgehead atoms. The van der Waals surface area contributed by atoms with Gasteiger partial charge in [0.2, 0.25) is 15.9 Å². The number of carboxylic acid groups (broad SMARTS) is 1. The van der Waals surface area contributed by atoms with Gasteiger partial charge >= 0.3 is 5.97 Å². The monoisotopic (exact) mass is 318 g/mol. The first kappa shape index (κ1) is 17.1. The van der Waals surface area contributed by atoms with Crippen LogP contribution in [0.4, 0.5) is 10.1 Å².